The van der Waals surface area contributed by atoms with Crippen LogP contribution in [0.5, 0.6) is 0 Å². The number of benzene rings is 3. The number of hydrogen-bond donors (Lipinski definition) is 2. The monoisotopic (exact) mass is 530 g/mol. The molecule has 1 aliphatic carbocycles. The molecule has 1 aliphatic heterocycles. The summed E-state index contributed by atoms with van der Waals surface area (Å²) in [5.74, 6) is -0.0163. The van der Waals surface area contributed by atoms with Crippen LogP contribution in [0.25, 0.3) is 17.2 Å². The quantitative estimate of drug-likeness (QED) is 0.282. The molecule has 196 valence electrons. The summed E-state index contributed by atoms with van der Waals surface area (Å²) in [7, 11) is -0.675. The number of anilines is 1. The van der Waals surface area contributed by atoms with Crippen LogP contribution in [0, 0.1) is 0 Å². The number of carbonyl (C=O) groups is 1. The second-order valence-electron chi connectivity index (χ2n) is 10.8. The Bertz CT molecular complexity index is 1340. The van der Waals surface area contributed by atoms with Crippen molar-refractivity contribution in [3.8, 4) is 11.1 Å². The van der Waals surface area contributed by atoms with Gasteiger partial charge in [0.15, 0.2) is 0 Å². The molecule has 1 saturated heterocycles. The van der Waals surface area contributed by atoms with Crippen molar-refractivity contribution in [1.82, 2.24) is 5.32 Å². The highest BCUT2D eigenvalue weighted by Gasteiger charge is 2.52. The minimum Gasteiger partial charge on any atom is -0.449 e. The van der Waals surface area contributed by atoms with Gasteiger partial charge in [-0.05, 0) is 79.2 Å². The molecule has 0 saturated carbocycles. The van der Waals surface area contributed by atoms with E-state index >= 15 is 0 Å². The first kappa shape index (κ1) is 26.4. The predicted octanol–water partition coefficient (Wildman–Crippen LogP) is 6.48. The summed E-state index contributed by atoms with van der Waals surface area (Å²) in [4.78, 5) is 12.9. The summed E-state index contributed by atoms with van der Waals surface area (Å²) < 4.78 is 18.2. The highest BCUT2D eigenvalue weighted by molar-refractivity contribution is 6.56. The lowest BCUT2D eigenvalue weighted by molar-refractivity contribution is 0.00578. The Hall–Kier alpha value is -3.26. The Morgan fingerprint density at radius 2 is 1.58 bits per heavy atom. The van der Waals surface area contributed by atoms with E-state index in [0.29, 0.717) is 21.7 Å². The molecule has 0 aromatic heterocycles. The van der Waals surface area contributed by atoms with Crippen LogP contribution in [0.4, 0.5) is 10.5 Å². The van der Waals surface area contributed by atoms with Crippen LogP contribution in [-0.4, -0.2) is 37.6 Å². The minimum atomic E-state index is -0.675. The molecular weight excluding hydrogens is 499 g/mol. The smallest absolute Gasteiger partial charge is 0.449 e. The van der Waals surface area contributed by atoms with Crippen molar-refractivity contribution < 1.29 is 18.8 Å². The first-order chi connectivity index (χ1) is 18.1. The van der Waals surface area contributed by atoms with Crippen LogP contribution in [0.1, 0.15) is 50.3 Å². The number of fused-ring (bicyclic) bond motifs is 3. The van der Waals surface area contributed by atoms with E-state index in [-0.39, 0.29) is 19.1 Å². The zero-order valence-electron chi connectivity index (χ0n) is 22.1. The van der Waals surface area contributed by atoms with Gasteiger partial charge in [-0.2, -0.15) is 0 Å². The van der Waals surface area contributed by atoms with Crippen LogP contribution in [-0.2, 0) is 14.0 Å². The molecule has 6 nitrogen and oxygen atoms in total. The molecule has 1 heterocycles. The maximum absolute atomic E-state index is 12.9. The van der Waals surface area contributed by atoms with Crippen LogP contribution >= 0.6 is 11.6 Å². The third-order valence-electron chi connectivity index (χ3n) is 7.70. The maximum Gasteiger partial charge on any atom is 0.492 e. The zero-order chi connectivity index (χ0) is 27.1. The van der Waals surface area contributed by atoms with E-state index in [2.05, 4.69) is 29.6 Å². The van der Waals surface area contributed by atoms with E-state index in [0.717, 1.165) is 11.1 Å². The van der Waals surface area contributed by atoms with Gasteiger partial charge in [0, 0.05) is 23.2 Å². The van der Waals surface area contributed by atoms with Crippen molar-refractivity contribution in [2.45, 2.75) is 44.8 Å². The lowest BCUT2D eigenvalue weighted by atomic mass is 9.77. The molecule has 0 radical (unpaired) electrons. The van der Waals surface area contributed by atoms with Crippen molar-refractivity contribution in [1.29, 1.82) is 0 Å². The standard InChI is InChI=1S/C30H32BClN2O4/c1-29(2)30(3,4)38-31(37-29)20(15-19-16-21(33)13-14-27(19)32)17-34-28(35)36-18-26-24-11-7-5-9-22(24)23-10-6-8-12-25(23)26/h5-16,26H,17-18,33H2,1-4H3,(H,34,35). The van der Waals surface area contributed by atoms with Crippen LogP contribution in [0.15, 0.2) is 72.2 Å². The summed E-state index contributed by atoms with van der Waals surface area (Å²) in [5, 5.41) is 3.41. The van der Waals surface area contributed by atoms with Crippen LogP contribution in [0.2, 0.25) is 5.02 Å². The van der Waals surface area contributed by atoms with Gasteiger partial charge < -0.3 is 25.1 Å². The van der Waals surface area contributed by atoms with Gasteiger partial charge in [0.05, 0.1) is 11.2 Å². The van der Waals surface area contributed by atoms with Gasteiger partial charge in [-0.15, -0.1) is 0 Å². The molecule has 0 unspecified atom stereocenters. The Labute approximate surface area is 229 Å². The number of nitrogens with two attached hydrogens (primary N) is 1. The van der Waals surface area contributed by atoms with Gasteiger partial charge in [0.2, 0.25) is 0 Å². The molecule has 38 heavy (non-hydrogen) atoms. The van der Waals surface area contributed by atoms with Crippen molar-refractivity contribution in [2.24, 2.45) is 0 Å². The van der Waals surface area contributed by atoms with Gasteiger partial charge in [0.1, 0.15) is 6.61 Å². The second kappa shape index (κ2) is 10.1. The molecule has 1 amide bonds. The predicted molar refractivity (Wildman–Crippen MR) is 153 cm³/mol. The zero-order valence-corrected chi connectivity index (χ0v) is 22.8. The number of carbonyl (C=O) groups excluding carboxylic acids is 1. The molecule has 0 atom stereocenters. The molecule has 8 heteroatoms. The summed E-state index contributed by atoms with van der Waals surface area (Å²) in [5.41, 5.74) is 11.6. The average molecular weight is 531 g/mol. The van der Waals surface area contributed by atoms with E-state index < -0.39 is 24.4 Å². The highest BCUT2D eigenvalue weighted by Crippen LogP contribution is 2.44. The Kier molecular flexibility index (Phi) is 7.03. The SMILES string of the molecule is CC1(C)OB(C(=Cc2cc(N)ccc2Cl)CNC(=O)OCC2c3ccccc3-c3ccccc32)OC1(C)C. The number of ether oxygens (including phenoxy) is 1. The highest BCUT2D eigenvalue weighted by atomic mass is 35.5. The van der Waals surface area contributed by atoms with Gasteiger partial charge >= 0.3 is 13.2 Å². The number of rotatable bonds is 6. The number of nitrogens with one attached hydrogen (secondary N) is 1. The third-order valence-corrected chi connectivity index (χ3v) is 8.04. The molecule has 3 aromatic carbocycles. The minimum absolute atomic E-state index is 0.0163. The van der Waals surface area contributed by atoms with Gasteiger partial charge in [-0.25, -0.2) is 4.79 Å². The van der Waals surface area contributed by atoms with Crippen molar-refractivity contribution >= 4 is 36.6 Å². The van der Waals surface area contributed by atoms with E-state index in [1.807, 2.05) is 58.0 Å². The fraction of sp³-hybridized carbons (Fsp3) is 0.300. The lowest BCUT2D eigenvalue weighted by Gasteiger charge is -2.32. The largest absolute Gasteiger partial charge is 0.492 e. The lowest BCUT2D eigenvalue weighted by Crippen LogP contribution is -2.41. The number of alkyl carbamates (subject to hydrolysis) is 1. The number of nitrogen functional groups attached to an aromatic ring is 1. The summed E-state index contributed by atoms with van der Waals surface area (Å²) in [6.45, 7) is 8.32. The normalized spacial score (nSPS) is 17.7. The number of hydrogen-bond acceptors (Lipinski definition) is 5. The van der Waals surface area contributed by atoms with Crippen molar-refractivity contribution in [3.63, 3.8) is 0 Å². The van der Waals surface area contributed by atoms with Gasteiger partial charge in [-0.1, -0.05) is 66.2 Å². The van der Waals surface area contributed by atoms with Crippen molar-refractivity contribution in [2.75, 3.05) is 18.9 Å². The second-order valence-corrected chi connectivity index (χ2v) is 11.2. The van der Waals surface area contributed by atoms with Crippen LogP contribution in [0.3, 0.4) is 0 Å². The van der Waals surface area contributed by atoms with E-state index in [1.165, 1.54) is 11.1 Å². The molecule has 3 aromatic rings. The third kappa shape index (κ3) is 5.06. The number of amides is 1. The van der Waals surface area contributed by atoms with Crippen molar-refractivity contribution in [3.05, 3.63) is 93.9 Å². The van der Waals surface area contributed by atoms with Gasteiger partial charge in [-0.3, -0.25) is 0 Å². The molecule has 2 aliphatic rings. The molecule has 3 N–H and O–H groups in total. The Morgan fingerprint density at radius 3 is 2.18 bits per heavy atom. The first-order valence-electron chi connectivity index (χ1n) is 12.8. The molecule has 0 bridgehead atoms. The van der Waals surface area contributed by atoms with Crippen LogP contribution < -0.4 is 11.1 Å². The Morgan fingerprint density at radius 1 is 1.00 bits per heavy atom. The van der Waals surface area contributed by atoms with Gasteiger partial charge in [0.25, 0.3) is 0 Å². The fourth-order valence-corrected chi connectivity index (χ4v) is 5.07. The average Bonchev–Trinajstić information content (AvgIpc) is 3.31. The fourth-order valence-electron chi connectivity index (χ4n) is 4.89. The first-order valence-corrected chi connectivity index (χ1v) is 13.1. The molecule has 1 fully saturated rings. The van der Waals surface area contributed by atoms with E-state index in [1.54, 1.807) is 18.2 Å². The van der Waals surface area contributed by atoms with E-state index in [4.69, 9.17) is 31.4 Å². The molecule has 5 rings (SSSR count). The Balaban J connectivity index is 1.31. The summed E-state index contributed by atoms with van der Waals surface area (Å²) in [6.07, 6.45) is 1.33. The molecule has 0 spiro atoms. The summed E-state index contributed by atoms with van der Waals surface area (Å²) >= 11 is 6.43. The van der Waals surface area contributed by atoms with E-state index in [9.17, 15) is 4.79 Å². The molecular formula is C30H32BClN2O4. The topological polar surface area (TPSA) is 82.8 Å². The maximum atomic E-state index is 12.9. The summed E-state index contributed by atoms with van der Waals surface area (Å²) in [6, 6.07) is 21.7. The number of halogens is 1.